The highest BCUT2D eigenvalue weighted by atomic mass is 16.5. The average molecular weight is 575 g/mol. The van der Waals surface area contributed by atoms with Gasteiger partial charge in [-0.1, -0.05) is 12.1 Å². The second kappa shape index (κ2) is 12.6. The van der Waals surface area contributed by atoms with Gasteiger partial charge < -0.3 is 19.4 Å². The summed E-state index contributed by atoms with van der Waals surface area (Å²) in [7, 11) is 0. The molecule has 1 saturated carbocycles. The average Bonchev–Trinajstić information content (AvgIpc) is 3.44. The molecule has 3 fully saturated rings. The van der Waals surface area contributed by atoms with Crippen molar-refractivity contribution in [3.05, 3.63) is 42.4 Å². The fourth-order valence-electron chi connectivity index (χ4n) is 6.81. The molecule has 11 heteroatoms. The molecule has 0 atom stereocenters. The van der Waals surface area contributed by atoms with Gasteiger partial charge in [0.1, 0.15) is 17.9 Å². The maximum atomic E-state index is 13.5. The van der Waals surface area contributed by atoms with E-state index < -0.39 is 0 Å². The van der Waals surface area contributed by atoms with E-state index in [1.807, 2.05) is 40.9 Å². The van der Waals surface area contributed by atoms with Gasteiger partial charge in [0.15, 0.2) is 5.65 Å². The molecule has 2 aromatic heterocycles. The molecule has 4 heterocycles. The van der Waals surface area contributed by atoms with Crippen molar-refractivity contribution in [1.82, 2.24) is 34.4 Å². The van der Waals surface area contributed by atoms with Crippen molar-refractivity contribution < 1.29 is 14.3 Å². The number of ether oxygens (including phenoxy) is 1. The molecule has 3 aromatic rings. The lowest BCUT2D eigenvalue weighted by Crippen LogP contribution is -2.53. The van der Waals surface area contributed by atoms with E-state index in [0.29, 0.717) is 38.2 Å². The maximum Gasteiger partial charge on any atom is 0.225 e. The van der Waals surface area contributed by atoms with Crippen LogP contribution in [0.15, 0.2) is 36.8 Å². The highest BCUT2D eigenvalue weighted by molar-refractivity contribution is 5.87. The molecule has 0 N–H and O–H groups in total. The Labute approximate surface area is 247 Å². The number of fused-ring (bicyclic) bond motifs is 1. The number of piperazine rings is 2. The Morgan fingerprint density at radius 3 is 2.38 bits per heavy atom. The third-order valence-electron chi connectivity index (χ3n) is 9.17. The van der Waals surface area contributed by atoms with Crippen LogP contribution in [0.3, 0.4) is 0 Å². The van der Waals surface area contributed by atoms with Crippen molar-refractivity contribution >= 4 is 28.7 Å². The number of hydrogen-bond donors (Lipinski definition) is 0. The van der Waals surface area contributed by atoms with Crippen LogP contribution in [0.5, 0.6) is 5.75 Å². The Bertz CT molecular complexity index is 1390. The summed E-state index contributed by atoms with van der Waals surface area (Å²) in [5, 5.41) is 5.57. The number of nitrogens with zero attached hydrogens (tertiary/aromatic N) is 8. The molecule has 11 nitrogen and oxygen atoms in total. The molecule has 0 radical (unpaired) electrons. The normalized spacial score (nSPS) is 22.0. The number of rotatable bonds is 7. The van der Waals surface area contributed by atoms with Crippen LogP contribution in [-0.2, 0) is 16.1 Å². The molecule has 1 aromatic carbocycles. The second-order valence-electron chi connectivity index (χ2n) is 11.7. The number of amides is 2. The quantitative estimate of drug-likeness (QED) is 0.425. The van der Waals surface area contributed by atoms with Gasteiger partial charge in [0.05, 0.1) is 24.7 Å². The number of benzene rings is 1. The zero-order valence-corrected chi connectivity index (χ0v) is 24.8. The molecule has 3 aliphatic rings. The van der Waals surface area contributed by atoms with Gasteiger partial charge in [-0.25, -0.2) is 14.6 Å². The zero-order valence-electron chi connectivity index (χ0n) is 24.8. The lowest BCUT2D eigenvalue weighted by atomic mass is 9.84. The maximum absolute atomic E-state index is 13.5. The lowest BCUT2D eigenvalue weighted by Gasteiger charge is -2.42. The highest BCUT2D eigenvalue weighted by Crippen LogP contribution is 2.31. The van der Waals surface area contributed by atoms with Gasteiger partial charge in [0.25, 0.3) is 0 Å². The fraction of sp³-hybridized carbons (Fsp3) is 0.581. The van der Waals surface area contributed by atoms with E-state index in [-0.39, 0.29) is 11.8 Å². The predicted molar refractivity (Wildman–Crippen MR) is 160 cm³/mol. The van der Waals surface area contributed by atoms with Crippen molar-refractivity contribution in [2.45, 2.75) is 52.1 Å². The summed E-state index contributed by atoms with van der Waals surface area (Å²) in [6.45, 7) is 11.3. The van der Waals surface area contributed by atoms with Gasteiger partial charge >= 0.3 is 0 Å². The summed E-state index contributed by atoms with van der Waals surface area (Å²) in [6, 6.07) is 8.60. The molecule has 42 heavy (non-hydrogen) atoms. The van der Waals surface area contributed by atoms with E-state index in [1.165, 1.54) is 0 Å². The van der Waals surface area contributed by atoms with Crippen molar-refractivity contribution in [2.75, 3.05) is 63.9 Å². The Balaban J connectivity index is 1.02. The van der Waals surface area contributed by atoms with Gasteiger partial charge in [-0.15, -0.1) is 0 Å². The minimum atomic E-state index is 0.122. The molecule has 2 saturated heterocycles. The first-order valence-corrected chi connectivity index (χ1v) is 15.4. The summed E-state index contributed by atoms with van der Waals surface area (Å²) in [6.07, 6.45) is 7.51. The Hall–Kier alpha value is -3.73. The third-order valence-corrected chi connectivity index (χ3v) is 9.17. The van der Waals surface area contributed by atoms with E-state index in [2.05, 4.69) is 35.8 Å². The van der Waals surface area contributed by atoms with E-state index in [1.54, 1.807) is 13.3 Å². The van der Waals surface area contributed by atoms with Crippen molar-refractivity contribution in [3.63, 3.8) is 0 Å². The van der Waals surface area contributed by atoms with Crippen LogP contribution in [0.25, 0.3) is 11.0 Å². The monoisotopic (exact) mass is 574 g/mol. The minimum Gasteiger partial charge on any atom is -0.494 e. The van der Waals surface area contributed by atoms with Gasteiger partial charge in [-0.2, -0.15) is 5.10 Å². The van der Waals surface area contributed by atoms with Crippen LogP contribution < -0.4 is 9.64 Å². The number of carbonyl (C=O) groups is 2. The first-order valence-electron chi connectivity index (χ1n) is 15.4. The van der Waals surface area contributed by atoms with Crippen molar-refractivity contribution in [1.29, 1.82) is 0 Å². The lowest BCUT2D eigenvalue weighted by molar-refractivity contribution is -0.137. The topological polar surface area (TPSA) is 99.9 Å². The van der Waals surface area contributed by atoms with Crippen LogP contribution in [0.2, 0.25) is 0 Å². The van der Waals surface area contributed by atoms with Crippen LogP contribution in [0, 0.1) is 5.92 Å². The molecule has 2 aliphatic heterocycles. The second-order valence-corrected chi connectivity index (χ2v) is 11.7. The smallest absolute Gasteiger partial charge is 0.225 e. The number of hydrogen-bond acceptors (Lipinski definition) is 8. The molecular formula is C31H42N8O3. The van der Waals surface area contributed by atoms with Crippen molar-refractivity contribution in [2.24, 2.45) is 5.92 Å². The minimum absolute atomic E-state index is 0.122. The summed E-state index contributed by atoms with van der Waals surface area (Å²) < 4.78 is 7.56. The van der Waals surface area contributed by atoms with Crippen LogP contribution in [0.1, 0.15) is 45.1 Å². The van der Waals surface area contributed by atoms with Gasteiger partial charge in [-0.05, 0) is 50.3 Å². The van der Waals surface area contributed by atoms with Crippen molar-refractivity contribution in [3.8, 4) is 5.75 Å². The van der Waals surface area contributed by atoms with E-state index in [4.69, 9.17) is 4.74 Å². The van der Waals surface area contributed by atoms with E-state index in [0.717, 1.165) is 93.1 Å². The Kier molecular flexibility index (Phi) is 8.55. The third kappa shape index (κ3) is 6.06. The Morgan fingerprint density at radius 2 is 1.67 bits per heavy atom. The molecule has 0 unspecified atom stereocenters. The predicted octanol–water partition coefficient (Wildman–Crippen LogP) is 2.64. The van der Waals surface area contributed by atoms with E-state index in [9.17, 15) is 9.59 Å². The highest BCUT2D eigenvalue weighted by Gasteiger charge is 2.34. The number of anilines is 1. The SMILES string of the molecule is CCOc1cccc(Cn2ncc3c(N4CCN(C(=O)[C@H]5CC[C@H](N6CCN(C(C)=O)CC6)CC5)CC4)ncnc32)c1. The molecule has 6 rings (SSSR count). The summed E-state index contributed by atoms with van der Waals surface area (Å²) in [5.74, 6) is 2.34. The van der Waals surface area contributed by atoms with Gasteiger partial charge in [0.2, 0.25) is 11.8 Å². The summed E-state index contributed by atoms with van der Waals surface area (Å²) in [5.41, 5.74) is 1.91. The zero-order chi connectivity index (χ0) is 29.1. The molecule has 0 bridgehead atoms. The van der Waals surface area contributed by atoms with Crippen LogP contribution in [-0.4, -0.2) is 111 Å². The molecule has 0 spiro atoms. The first kappa shape index (κ1) is 28.4. The fourth-order valence-corrected chi connectivity index (χ4v) is 6.81. The van der Waals surface area contributed by atoms with Gasteiger partial charge in [-0.3, -0.25) is 14.5 Å². The van der Waals surface area contributed by atoms with Crippen LogP contribution in [0.4, 0.5) is 5.82 Å². The van der Waals surface area contributed by atoms with Crippen LogP contribution >= 0.6 is 0 Å². The summed E-state index contributed by atoms with van der Waals surface area (Å²) >= 11 is 0. The molecule has 224 valence electrons. The largest absolute Gasteiger partial charge is 0.494 e. The molecule has 1 aliphatic carbocycles. The standard InChI is InChI=1S/C31H42N8O3/c1-3-42-27-6-4-5-24(19-27)21-39-30-28(20-34-39)29(32-22-33-30)37-15-17-38(18-16-37)31(41)25-7-9-26(10-8-25)36-13-11-35(12-14-36)23(2)40/h4-6,19-20,22,25-26H,3,7-18,21H2,1-2H3/t25-,26-. The molecular weight excluding hydrogens is 532 g/mol. The number of aromatic nitrogens is 4. The number of carbonyl (C=O) groups excluding carboxylic acids is 2. The molecule has 2 amide bonds. The van der Waals surface area contributed by atoms with E-state index >= 15 is 0 Å². The van der Waals surface area contributed by atoms with Gasteiger partial charge in [0, 0.05) is 71.2 Å². The first-order chi connectivity index (χ1) is 20.5. The summed E-state index contributed by atoms with van der Waals surface area (Å²) in [4.78, 5) is 43.1. The Morgan fingerprint density at radius 1 is 0.929 bits per heavy atom.